The van der Waals surface area contributed by atoms with Crippen molar-refractivity contribution in [3.8, 4) is 0 Å². The van der Waals surface area contributed by atoms with Gasteiger partial charge in [-0.05, 0) is 31.6 Å². The number of nitrogens with zero attached hydrogens (tertiary/aromatic N) is 1. The van der Waals surface area contributed by atoms with Gasteiger partial charge in [-0.15, -0.1) is 0 Å². The van der Waals surface area contributed by atoms with Crippen LogP contribution in [0, 0.1) is 5.41 Å². The molecule has 1 N–H and O–H groups in total. The van der Waals surface area contributed by atoms with Crippen molar-refractivity contribution in [2.45, 2.75) is 52.1 Å². The molecule has 3 heteroatoms. The first-order valence-electron chi connectivity index (χ1n) is 7.18. The van der Waals surface area contributed by atoms with Crippen LogP contribution >= 0.6 is 0 Å². The van der Waals surface area contributed by atoms with E-state index in [1.165, 1.54) is 32.4 Å². The van der Waals surface area contributed by atoms with Gasteiger partial charge in [0.25, 0.3) is 0 Å². The molecule has 0 saturated carbocycles. The molecular weight excluding hydrogens is 212 g/mol. The van der Waals surface area contributed by atoms with Crippen LogP contribution in [0.1, 0.15) is 40.0 Å². The standard InChI is InChI=1S/C14H28N2O/c1-4-13-10-16(12(2)9-15-13)11-14(3)5-7-17-8-6-14/h12-13,15H,4-11H2,1-3H3. The highest BCUT2D eigenvalue weighted by Crippen LogP contribution is 2.31. The maximum Gasteiger partial charge on any atom is 0.0471 e. The molecule has 0 amide bonds. The topological polar surface area (TPSA) is 24.5 Å². The summed E-state index contributed by atoms with van der Waals surface area (Å²) in [5.74, 6) is 0. The van der Waals surface area contributed by atoms with Gasteiger partial charge in [0, 0.05) is 44.9 Å². The Labute approximate surface area is 106 Å². The largest absolute Gasteiger partial charge is 0.381 e. The summed E-state index contributed by atoms with van der Waals surface area (Å²) in [5, 5.41) is 3.63. The van der Waals surface area contributed by atoms with Crippen LogP contribution in [0.3, 0.4) is 0 Å². The predicted molar refractivity (Wildman–Crippen MR) is 71.3 cm³/mol. The normalized spacial score (nSPS) is 34.8. The summed E-state index contributed by atoms with van der Waals surface area (Å²) in [5.41, 5.74) is 0.474. The zero-order chi connectivity index (χ0) is 12.3. The molecule has 0 aromatic heterocycles. The molecule has 0 aromatic rings. The Balaban J connectivity index is 1.91. The minimum Gasteiger partial charge on any atom is -0.381 e. The molecular formula is C14H28N2O. The third kappa shape index (κ3) is 3.43. The van der Waals surface area contributed by atoms with E-state index in [-0.39, 0.29) is 0 Å². The molecule has 2 heterocycles. The lowest BCUT2D eigenvalue weighted by atomic mass is 9.81. The molecule has 2 aliphatic rings. The van der Waals surface area contributed by atoms with Gasteiger partial charge in [0.2, 0.25) is 0 Å². The second-order valence-corrected chi connectivity index (χ2v) is 6.21. The Morgan fingerprint density at radius 2 is 2.06 bits per heavy atom. The number of hydrogen-bond acceptors (Lipinski definition) is 3. The van der Waals surface area contributed by atoms with Crippen LogP contribution in [0.15, 0.2) is 0 Å². The van der Waals surface area contributed by atoms with Crippen molar-refractivity contribution in [2.24, 2.45) is 5.41 Å². The third-order valence-electron chi connectivity index (χ3n) is 4.56. The number of ether oxygens (including phenoxy) is 1. The number of rotatable bonds is 3. The zero-order valence-electron chi connectivity index (χ0n) is 11.7. The monoisotopic (exact) mass is 240 g/mol. The van der Waals surface area contributed by atoms with Crippen molar-refractivity contribution in [2.75, 3.05) is 32.8 Å². The third-order valence-corrected chi connectivity index (χ3v) is 4.56. The Bertz CT molecular complexity index is 238. The Morgan fingerprint density at radius 1 is 1.35 bits per heavy atom. The fraction of sp³-hybridized carbons (Fsp3) is 1.00. The molecule has 2 aliphatic heterocycles. The van der Waals surface area contributed by atoms with Crippen molar-refractivity contribution < 1.29 is 4.74 Å². The van der Waals surface area contributed by atoms with Gasteiger partial charge in [-0.2, -0.15) is 0 Å². The molecule has 0 radical (unpaired) electrons. The van der Waals surface area contributed by atoms with Gasteiger partial charge in [-0.3, -0.25) is 4.90 Å². The molecule has 0 spiro atoms. The first kappa shape index (κ1) is 13.3. The van der Waals surface area contributed by atoms with Crippen LogP contribution in [0.4, 0.5) is 0 Å². The maximum absolute atomic E-state index is 5.49. The fourth-order valence-corrected chi connectivity index (χ4v) is 3.00. The summed E-state index contributed by atoms with van der Waals surface area (Å²) in [7, 11) is 0. The zero-order valence-corrected chi connectivity index (χ0v) is 11.7. The van der Waals surface area contributed by atoms with E-state index in [0.717, 1.165) is 19.8 Å². The lowest BCUT2D eigenvalue weighted by molar-refractivity contribution is -0.00862. The molecule has 2 saturated heterocycles. The molecule has 0 aromatic carbocycles. The first-order chi connectivity index (χ1) is 8.13. The summed E-state index contributed by atoms with van der Waals surface area (Å²) in [6.45, 7) is 12.6. The Hall–Kier alpha value is -0.120. The number of nitrogens with one attached hydrogen (secondary N) is 1. The van der Waals surface area contributed by atoms with E-state index in [4.69, 9.17) is 4.74 Å². The van der Waals surface area contributed by atoms with Crippen LogP contribution in [0.2, 0.25) is 0 Å². The molecule has 0 bridgehead atoms. The van der Waals surface area contributed by atoms with Crippen molar-refractivity contribution in [1.29, 1.82) is 0 Å². The second kappa shape index (κ2) is 5.68. The van der Waals surface area contributed by atoms with E-state index in [2.05, 4.69) is 31.0 Å². The van der Waals surface area contributed by atoms with E-state index in [0.29, 0.717) is 17.5 Å². The van der Waals surface area contributed by atoms with Crippen LogP contribution in [-0.2, 0) is 4.74 Å². The molecule has 2 atom stereocenters. The summed E-state index contributed by atoms with van der Waals surface area (Å²) in [6.07, 6.45) is 3.68. The lowest BCUT2D eigenvalue weighted by Crippen LogP contribution is -2.57. The van der Waals surface area contributed by atoms with Gasteiger partial charge in [-0.1, -0.05) is 13.8 Å². The molecule has 100 valence electrons. The summed E-state index contributed by atoms with van der Waals surface area (Å²) < 4.78 is 5.49. The second-order valence-electron chi connectivity index (χ2n) is 6.21. The van der Waals surface area contributed by atoms with Crippen molar-refractivity contribution in [3.05, 3.63) is 0 Å². The highest BCUT2D eigenvalue weighted by molar-refractivity contribution is 4.88. The Morgan fingerprint density at radius 3 is 2.71 bits per heavy atom. The minimum atomic E-state index is 0.474. The Kier molecular flexibility index (Phi) is 4.45. The highest BCUT2D eigenvalue weighted by Gasteiger charge is 2.33. The van der Waals surface area contributed by atoms with Crippen molar-refractivity contribution in [1.82, 2.24) is 10.2 Å². The average Bonchev–Trinajstić information content (AvgIpc) is 2.33. The quantitative estimate of drug-likeness (QED) is 0.815. The minimum absolute atomic E-state index is 0.474. The number of piperazine rings is 1. The first-order valence-corrected chi connectivity index (χ1v) is 7.18. The average molecular weight is 240 g/mol. The van der Waals surface area contributed by atoms with E-state index in [1.807, 2.05) is 0 Å². The molecule has 17 heavy (non-hydrogen) atoms. The maximum atomic E-state index is 5.49. The van der Waals surface area contributed by atoms with Gasteiger partial charge in [0.15, 0.2) is 0 Å². The van der Waals surface area contributed by atoms with Gasteiger partial charge in [-0.25, -0.2) is 0 Å². The molecule has 2 unspecified atom stereocenters. The van der Waals surface area contributed by atoms with Crippen LogP contribution in [0.5, 0.6) is 0 Å². The van der Waals surface area contributed by atoms with Gasteiger partial charge in [0.05, 0.1) is 0 Å². The van der Waals surface area contributed by atoms with Crippen LogP contribution in [-0.4, -0.2) is 49.8 Å². The van der Waals surface area contributed by atoms with Crippen molar-refractivity contribution >= 4 is 0 Å². The fourth-order valence-electron chi connectivity index (χ4n) is 3.00. The molecule has 3 nitrogen and oxygen atoms in total. The number of hydrogen-bond donors (Lipinski definition) is 1. The SMILES string of the molecule is CCC1CN(CC2(C)CCOCC2)C(C)CN1. The smallest absolute Gasteiger partial charge is 0.0471 e. The van der Waals surface area contributed by atoms with E-state index >= 15 is 0 Å². The van der Waals surface area contributed by atoms with Gasteiger partial charge in [0.1, 0.15) is 0 Å². The van der Waals surface area contributed by atoms with Gasteiger partial charge >= 0.3 is 0 Å². The lowest BCUT2D eigenvalue weighted by Gasteiger charge is -2.44. The predicted octanol–water partition coefficient (Wildman–Crippen LogP) is 1.88. The van der Waals surface area contributed by atoms with Crippen LogP contribution < -0.4 is 5.32 Å². The van der Waals surface area contributed by atoms with E-state index in [9.17, 15) is 0 Å². The summed E-state index contributed by atoms with van der Waals surface area (Å²) in [4.78, 5) is 2.69. The summed E-state index contributed by atoms with van der Waals surface area (Å²) in [6, 6.07) is 1.37. The van der Waals surface area contributed by atoms with Crippen LogP contribution in [0.25, 0.3) is 0 Å². The molecule has 0 aliphatic carbocycles. The van der Waals surface area contributed by atoms with E-state index in [1.54, 1.807) is 0 Å². The van der Waals surface area contributed by atoms with E-state index < -0.39 is 0 Å². The highest BCUT2D eigenvalue weighted by atomic mass is 16.5. The summed E-state index contributed by atoms with van der Waals surface area (Å²) >= 11 is 0. The van der Waals surface area contributed by atoms with Crippen molar-refractivity contribution in [3.63, 3.8) is 0 Å². The molecule has 2 fully saturated rings. The molecule has 2 rings (SSSR count). The van der Waals surface area contributed by atoms with Gasteiger partial charge < -0.3 is 10.1 Å².